The fraction of sp³-hybridized carbons (Fsp3) is 1.00. The van der Waals surface area contributed by atoms with Crippen molar-refractivity contribution in [3.05, 3.63) is 0 Å². The molecule has 0 fully saturated rings. The zero-order valence-electron chi connectivity index (χ0n) is 6.13. The van der Waals surface area contributed by atoms with Crippen LogP contribution in [0.1, 0.15) is 26.7 Å². The molecule has 0 bridgehead atoms. The van der Waals surface area contributed by atoms with Crippen LogP contribution in [0.15, 0.2) is 0 Å². The van der Waals surface area contributed by atoms with Crippen LogP contribution in [0.3, 0.4) is 0 Å². The van der Waals surface area contributed by atoms with Crippen molar-refractivity contribution >= 4 is 0 Å². The Kier molecular flexibility index (Phi) is 3.71. The summed E-state index contributed by atoms with van der Waals surface area (Å²) in [7, 11) is 0. The molecular weight excluding hydrogens is 143 g/mol. The van der Waals surface area contributed by atoms with E-state index in [0.29, 0.717) is 12.8 Å². The third-order valence-electron chi connectivity index (χ3n) is 1.35. The normalized spacial score (nSPS) is 12.6. The van der Waals surface area contributed by atoms with E-state index in [-0.39, 0.29) is 0 Å². The first-order valence-corrected chi connectivity index (χ1v) is 3.34. The lowest BCUT2D eigenvalue weighted by atomic mass is 10.2. The summed E-state index contributed by atoms with van der Waals surface area (Å²) in [6, 6.07) is -0.431. The third kappa shape index (κ3) is 4.61. The van der Waals surface area contributed by atoms with Gasteiger partial charge in [0.15, 0.2) is 0 Å². The lowest BCUT2D eigenvalue weighted by Crippen LogP contribution is -2.39. The second-order valence-electron chi connectivity index (χ2n) is 2.16. The molecule has 0 unspecified atom stereocenters. The highest BCUT2D eigenvalue weighted by molar-refractivity contribution is 4.63. The van der Waals surface area contributed by atoms with Crippen molar-refractivity contribution in [2.24, 2.45) is 0 Å². The summed E-state index contributed by atoms with van der Waals surface area (Å²) in [5.74, 6) is 0. The maximum Gasteiger partial charge on any atom is 0.457 e. The Morgan fingerprint density at radius 3 is 1.70 bits per heavy atom. The Labute approximate surface area is 58.6 Å². The van der Waals surface area contributed by atoms with Gasteiger partial charge in [-0.05, 0) is 12.8 Å². The van der Waals surface area contributed by atoms with Crippen LogP contribution in [0.25, 0.3) is 0 Å². The predicted octanol–water partition coefficient (Wildman–Crippen LogP) is 2.28. The average molecular weight is 155 g/mol. The fourth-order valence-electron chi connectivity index (χ4n) is 0.724. The van der Waals surface area contributed by atoms with Gasteiger partial charge < -0.3 is 0 Å². The molecule has 0 aromatic rings. The number of alkyl halides is 3. The lowest BCUT2D eigenvalue weighted by molar-refractivity contribution is -0.164. The van der Waals surface area contributed by atoms with Gasteiger partial charge in [0, 0.05) is 6.04 Å². The SMILES string of the molecule is CCC(CC)NC(F)(F)F. The topological polar surface area (TPSA) is 12.0 Å². The molecule has 0 atom stereocenters. The minimum absolute atomic E-state index is 0.431. The van der Waals surface area contributed by atoms with Gasteiger partial charge in [-0.3, -0.25) is 0 Å². The number of nitrogens with one attached hydrogen (secondary N) is 1. The molecular formula is C6H12F3N. The van der Waals surface area contributed by atoms with Gasteiger partial charge in [-0.15, -0.1) is 0 Å². The highest BCUT2D eigenvalue weighted by Crippen LogP contribution is 2.12. The molecule has 0 saturated heterocycles. The second-order valence-corrected chi connectivity index (χ2v) is 2.16. The largest absolute Gasteiger partial charge is 0.457 e. The molecule has 1 nitrogen and oxygen atoms in total. The van der Waals surface area contributed by atoms with Crippen LogP contribution in [-0.4, -0.2) is 12.3 Å². The molecule has 0 saturated carbocycles. The van der Waals surface area contributed by atoms with Crippen molar-refractivity contribution in [2.45, 2.75) is 39.0 Å². The van der Waals surface area contributed by atoms with Crippen molar-refractivity contribution in [1.82, 2.24) is 5.32 Å². The van der Waals surface area contributed by atoms with E-state index in [2.05, 4.69) is 0 Å². The standard InChI is InChI=1S/C6H12F3N/c1-3-5(4-2)10-6(7,8)9/h5,10H,3-4H2,1-2H3. The first-order valence-electron chi connectivity index (χ1n) is 3.34. The first-order chi connectivity index (χ1) is 4.49. The lowest BCUT2D eigenvalue weighted by Gasteiger charge is -2.16. The molecule has 0 spiro atoms. The summed E-state index contributed by atoms with van der Waals surface area (Å²) in [5, 5.41) is 1.56. The van der Waals surface area contributed by atoms with Crippen molar-refractivity contribution in [2.75, 3.05) is 0 Å². The van der Waals surface area contributed by atoms with Crippen LogP contribution >= 0.6 is 0 Å². The quantitative estimate of drug-likeness (QED) is 0.616. The molecule has 0 aromatic carbocycles. The number of rotatable bonds is 3. The number of hydrogen-bond donors (Lipinski definition) is 1. The highest BCUT2D eigenvalue weighted by Gasteiger charge is 2.29. The second kappa shape index (κ2) is 3.81. The van der Waals surface area contributed by atoms with Gasteiger partial charge in [0.25, 0.3) is 0 Å². The molecule has 0 aromatic heterocycles. The molecule has 4 heteroatoms. The van der Waals surface area contributed by atoms with E-state index < -0.39 is 12.3 Å². The Balaban J connectivity index is 3.63. The molecule has 1 N–H and O–H groups in total. The van der Waals surface area contributed by atoms with Gasteiger partial charge in [0.05, 0.1) is 0 Å². The fourth-order valence-corrected chi connectivity index (χ4v) is 0.724. The van der Waals surface area contributed by atoms with Gasteiger partial charge in [-0.25, -0.2) is 5.32 Å². The van der Waals surface area contributed by atoms with Gasteiger partial charge >= 0.3 is 6.30 Å². The van der Waals surface area contributed by atoms with Crippen molar-refractivity contribution < 1.29 is 13.2 Å². The summed E-state index contributed by atoms with van der Waals surface area (Å²) >= 11 is 0. The molecule has 0 aliphatic rings. The first kappa shape index (κ1) is 9.75. The molecule has 0 amide bonds. The Morgan fingerprint density at radius 2 is 1.60 bits per heavy atom. The molecule has 62 valence electrons. The summed E-state index contributed by atoms with van der Waals surface area (Å²) in [5.41, 5.74) is 0. The molecule has 0 aliphatic heterocycles. The van der Waals surface area contributed by atoms with Crippen molar-refractivity contribution in [1.29, 1.82) is 0 Å². The van der Waals surface area contributed by atoms with E-state index in [9.17, 15) is 13.2 Å². The van der Waals surface area contributed by atoms with Crippen LogP contribution in [0.2, 0.25) is 0 Å². The minimum Gasteiger partial charge on any atom is -0.225 e. The van der Waals surface area contributed by atoms with Crippen LogP contribution in [-0.2, 0) is 0 Å². The highest BCUT2D eigenvalue weighted by atomic mass is 19.4. The third-order valence-corrected chi connectivity index (χ3v) is 1.35. The minimum atomic E-state index is -4.23. The van der Waals surface area contributed by atoms with Gasteiger partial charge in [-0.1, -0.05) is 13.8 Å². The van der Waals surface area contributed by atoms with Crippen molar-refractivity contribution in [3.8, 4) is 0 Å². The van der Waals surface area contributed by atoms with E-state index >= 15 is 0 Å². The number of halogens is 3. The molecule has 0 rings (SSSR count). The van der Waals surface area contributed by atoms with E-state index in [1.54, 1.807) is 19.2 Å². The summed E-state index contributed by atoms with van der Waals surface area (Å²) in [6.07, 6.45) is -3.21. The van der Waals surface area contributed by atoms with E-state index in [1.807, 2.05) is 0 Å². The van der Waals surface area contributed by atoms with Crippen LogP contribution in [0, 0.1) is 0 Å². The maximum absolute atomic E-state index is 11.6. The van der Waals surface area contributed by atoms with Crippen molar-refractivity contribution in [3.63, 3.8) is 0 Å². The van der Waals surface area contributed by atoms with E-state index in [4.69, 9.17) is 0 Å². The molecule has 10 heavy (non-hydrogen) atoms. The van der Waals surface area contributed by atoms with Gasteiger partial charge in [-0.2, -0.15) is 13.2 Å². The summed E-state index contributed by atoms with van der Waals surface area (Å²) < 4.78 is 34.7. The average Bonchev–Trinajstić information content (AvgIpc) is 1.81. The molecule has 0 aliphatic carbocycles. The monoisotopic (exact) mass is 155 g/mol. The Hall–Kier alpha value is -0.250. The molecule has 0 heterocycles. The maximum atomic E-state index is 11.6. The van der Waals surface area contributed by atoms with Crippen LogP contribution < -0.4 is 5.32 Å². The Bertz CT molecular complexity index is 85.5. The summed E-state index contributed by atoms with van der Waals surface area (Å²) in [4.78, 5) is 0. The molecule has 0 radical (unpaired) electrons. The zero-order chi connectivity index (χ0) is 8.20. The number of hydrogen-bond acceptors (Lipinski definition) is 1. The zero-order valence-corrected chi connectivity index (χ0v) is 6.13. The van der Waals surface area contributed by atoms with E-state index in [0.717, 1.165) is 0 Å². The summed E-state index contributed by atoms with van der Waals surface area (Å²) in [6.45, 7) is 3.46. The van der Waals surface area contributed by atoms with E-state index in [1.165, 1.54) is 0 Å². The Morgan fingerprint density at radius 1 is 1.20 bits per heavy atom. The van der Waals surface area contributed by atoms with Crippen LogP contribution in [0.4, 0.5) is 13.2 Å². The predicted molar refractivity (Wildman–Crippen MR) is 33.6 cm³/mol. The van der Waals surface area contributed by atoms with Gasteiger partial charge in [0.2, 0.25) is 0 Å². The smallest absolute Gasteiger partial charge is 0.225 e. The van der Waals surface area contributed by atoms with Crippen LogP contribution in [0.5, 0.6) is 0 Å². The van der Waals surface area contributed by atoms with Gasteiger partial charge in [0.1, 0.15) is 0 Å².